The Kier molecular flexibility index (Phi) is 5.24. The molecule has 1 fully saturated rings. The van der Waals surface area contributed by atoms with Gasteiger partial charge in [-0.2, -0.15) is 13.2 Å². The fourth-order valence-corrected chi connectivity index (χ4v) is 3.12. The van der Waals surface area contributed by atoms with Crippen molar-refractivity contribution in [3.05, 3.63) is 47.5 Å². The van der Waals surface area contributed by atoms with Crippen LogP contribution in [0.15, 0.2) is 24.8 Å². The van der Waals surface area contributed by atoms with Crippen LogP contribution in [0.1, 0.15) is 43.2 Å². The summed E-state index contributed by atoms with van der Waals surface area (Å²) < 4.78 is 64.5. The standard InChI is InChI=1S/C17H19F5/c1-2-11-3-5-12(6-4-11)7-8-13-9-14(18)16(15(19)10-13)17(20,21)22/h2,9-12H,1,3-8H2. The fraction of sp³-hybridized carbons (Fsp3) is 0.529. The van der Waals surface area contributed by atoms with Gasteiger partial charge >= 0.3 is 6.18 Å². The van der Waals surface area contributed by atoms with Crippen molar-refractivity contribution in [3.8, 4) is 0 Å². The summed E-state index contributed by atoms with van der Waals surface area (Å²) in [6, 6.07) is 1.61. The van der Waals surface area contributed by atoms with E-state index in [4.69, 9.17) is 0 Å². The first-order chi connectivity index (χ1) is 10.3. The second kappa shape index (κ2) is 6.80. The molecule has 0 nitrogen and oxygen atoms in total. The molecule has 0 spiro atoms. The van der Waals surface area contributed by atoms with Crippen molar-refractivity contribution in [1.82, 2.24) is 0 Å². The molecule has 5 heteroatoms. The third-order valence-electron chi connectivity index (χ3n) is 4.45. The Labute approximate surface area is 127 Å². The van der Waals surface area contributed by atoms with Crippen molar-refractivity contribution in [2.75, 3.05) is 0 Å². The molecule has 1 aromatic carbocycles. The molecule has 0 aromatic heterocycles. The zero-order valence-electron chi connectivity index (χ0n) is 12.2. The molecule has 0 unspecified atom stereocenters. The lowest BCUT2D eigenvalue weighted by molar-refractivity contribution is -0.142. The highest BCUT2D eigenvalue weighted by Gasteiger charge is 2.37. The summed E-state index contributed by atoms with van der Waals surface area (Å²) in [6.07, 6.45) is 2.27. The molecule has 0 heterocycles. The molecule has 0 aliphatic heterocycles. The third-order valence-corrected chi connectivity index (χ3v) is 4.45. The number of allylic oxidation sites excluding steroid dienone is 1. The van der Waals surface area contributed by atoms with Gasteiger partial charge < -0.3 is 0 Å². The number of alkyl halides is 3. The molecule has 0 atom stereocenters. The van der Waals surface area contributed by atoms with Gasteiger partial charge in [-0.25, -0.2) is 8.78 Å². The average Bonchev–Trinajstić information content (AvgIpc) is 2.43. The lowest BCUT2D eigenvalue weighted by Gasteiger charge is -2.26. The number of hydrogen-bond acceptors (Lipinski definition) is 0. The van der Waals surface area contributed by atoms with Gasteiger partial charge in [0.25, 0.3) is 0 Å². The van der Waals surface area contributed by atoms with E-state index in [0.717, 1.165) is 44.2 Å². The van der Waals surface area contributed by atoms with Crippen molar-refractivity contribution in [2.24, 2.45) is 11.8 Å². The summed E-state index contributed by atoms with van der Waals surface area (Å²) in [4.78, 5) is 0. The van der Waals surface area contributed by atoms with Gasteiger partial charge in [0.05, 0.1) is 0 Å². The minimum atomic E-state index is -5.00. The molecule has 2 rings (SSSR count). The topological polar surface area (TPSA) is 0 Å². The van der Waals surface area contributed by atoms with E-state index in [9.17, 15) is 22.0 Å². The van der Waals surface area contributed by atoms with Crippen molar-refractivity contribution in [1.29, 1.82) is 0 Å². The summed E-state index contributed by atoms with van der Waals surface area (Å²) in [5.41, 5.74) is -1.52. The van der Waals surface area contributed by atoms with Gasteiger partial charge in [0, 0.05) is 0 Å². The first-order valence-electron chi connectivity index (χ1n) is 7.49. The van der Waals surface area contributed by atoms with Crippen molar-refractivity contribution in [2.45, 2.75) is 44.7 Å². The van der Waals surface area contributed by atoms with Crippen LogP contribution in [-0.2, 0) is 12.6 Å². The molecule has 122 valence electrons. The normalized spacial score (nSPS) is 22.6. The van der Waals surface area contributed by atoms with Gasteiger partial charge in [0.15, 0.2) is 0 Å². The summed E-state index contributed by atoms with van der Waals surface area (Å²) >= 11 is 0. The smallest absolute Gasteiger partial charge is 0.206 e. The Morgan fingerprint density at radius 1 is 1.05 bits per heavy atom. The Bertz CT molecular complexity index is 501. The maximum atomic E-state index is 13.5. The van der Waals surface area contributed by atoms with Crippen LogP contribution in [0.4, 0.5) is 22.0 Å². The molecule has 0 saturated heterocycles. The van der Waals surface area contributed by atoms with Crippen LogP contribution < -0.4 is 0 Å². The summed E-state index contributed by atoms with van der Waals surface area (Å²) in [5.74, 6) is -2.06. The molecule has 0 amide bonds. The first kappa shape index (κ1) is 17.0. The molecule has 0 bridgehead atoms. The second-order valence-electron chi connectivity index (χ2n) is 5.99. The SMILES string of the molecule is C=CC1CCC(CCc2cc(F)c(C(F)(F)F)c(F)c2)CC1. The maximum Gasteiger partial charge on any atom is 0.422 e. The van der Waals surface area contributed by atoms with Crippen molar-refractivity contribution >= 4 is 0 Å². The minimum Gasteiger partial charge on any atom is -0.206 e. The number of hydrogen-bond donors (Lipinski definition) is 0. The van der Waals surface area contributed by atoms with Gasteiger partial charge in [-0.05, 0) is 68.1 Å². The summed E-state index contributed by atoms with van der Waals surface area (Å²) in [6.45, 7) is 3.78. The van der Waals surface area contributed by atoms with Crippen LogP contribution in [0.25, 0.3) is 0 Å². The van der Waals surface area contributed by atoms with Gasteiger partial charge in [-0.3, -0.25) is 0 Å². The number of benzene rings is 1. The van der Waals surface area contributed by atoms with Gasteiger partial charge in [-0.1, -0.05) is 6.08 Å². The molecule has 1 aliphatic carbocycles. The van der Waals surface area contributed by atoms with E-state index >= 15 is 0 Å². The van der Waals surface area contributed by atoms with Crippen LogP contribution in [0.2, 0.25) is 0 Å². The Morgan fingerprint density at radius 3 is 2.05 bits per heavy atom. The highest BCUT2D eigenvalue weighted by molar-refractivity contribution is 5.28. The molecule has 1 aromatic rings. The fourth-order valence-electron chi connectivity index (χ4n) is 3.12. The van der Waals surface area contributed by atoms with Crippen LogP contribution in [0, 0.1) is 23.5 Å². The van der Waals surface area contributed by atoms with Crippen LogP contribution in [0.5, 0.6) is 0 Å². The lowest BCUT2D eigenvalue weighted by Crippen LogP contribution is -2.14. The van der Waals surface area contributed by atoms with Gasteiger partial charge in [0.1, 0.15) is 17.2 Å². The zero-order valence-corrected chi connectivity index (χ0v) is 12.2. The minimum absolute atomic E-state index is 0.286. The van der Waals surface area contributed by atoms with E-state index in [1.807, 2.05) is 6.08 Å². The third kappa shape index (κ3) is 4.08. The maximum absolute atomic E-state index is 13.5. The van der Waals surface area contributed by atoms with Crippen LogP contribution in [0.3, 0.4) is 0 Å². The predicted molar refractivity (Wildman–Crippen MR) is 75.3 cm³/mol. The zero-order chi connectivity index (χ0) is 16.3. The quantitative estimate of drug-likeness (QED) is 0.478. The monoisotopic (exact) mass is 318 g/mol. The van der Waals surface area contributed by atoms with E-state index in [1.54, 1.807) is 0 Å². The van der Waals surface area contributed by atoms with E-state index in [0.29, 0.717) is 18.3 Å². The van der Waals surface area contributed by atoms with Gasteiger partial charge in [-0.15, -0.1) is 6.58 Å². The Balaban J connectivity index is 1.98. The van der Waals surface area contributed by atoms with E-state index in [2.05, 4.69) is 6.58 Å². The Morgan fingerprint density at radius 2 is 1.59 bits per heavy atom. The molecule has 0 N–H and O–H groups in total. The van der Waals surface area contributed by atoms with E-state index < -0.39 is 23.4 Å². The molecule has 22 heavy (non-hydrogen) atoms. The molecular formula is C17H19F5. The van der Waals surface area contributed by atoms with Crippen molar-refractivity contribution < 1.29 is 22.0 Å². The highest BCUT2D eigenvalue weighted by atomic mass is 19.4. The second-order valence-corrected chi connectivity index (χ2v) is 5.99. The van der Waals surface area contributed by atoms with E-state index in [1.165, 1.54) is 0 Å². The summed E-state index contributed by atoms with van der Waals surface area (Å²) in [5, 5.41) is 0. The van der Waals surface area contributed by atoms with Gasteiger partial charge in [0.2, 0.25) is 0 Å². The van der Waals surface area contributed by atoms with E-state index in [-0.39, 0.29) is 5.56 Å². The molecule has 1 saturated carbocycles. The summed E-state index contributed by atoms with van der Waals surface area (Å²) in [7, 11) is 0. The number of rotatable bonds is 4. The van der Waals surface area contributed by atoms with Crippen LogP contribution in [-0.4, -0.2) is 0 Å². The average molecular weight is 318 g/mol. The van der Waals surface area contributed by atoms with Crippen LogP contribution >= 0.6 is 0 Å². The Hall–Kier alpha value is -1.39. The largest absolute Gasteiger partial charge is 0.422 e. The number of halogens is 5. The number of aryl methyl sites for hydroxylation is 1. The lowest BCUT2D eigenvalue weighted by atomic mass is 9.79. The molecule has 0 radical (unpaired) electrons. The highest BCUT2D eigenvalue weighted by Crippen LogP contribution is 2.35. The van der Waals surface area contributed by atoms with Crippen molar-refractivity contribution in [3.63, 3.8) is 0 Å². The predicted octanol–water partition coefficient (Wildman–Crippen LogP) is 5.91. The molecule has 1 aliphatic rings. The first-order valence-corrected chi connectivity index (χ1v) is 7.49. The molecular weight excluding hydrogens is 299 g/mol.